The van der Waals surface area contributed by atoms with Crippen molar-refractivity contribution in [3.8, 4) is 0 Å². The van der Waals surface area contributed by atoms with Gasteiger partial charge in [0.2, 0.25) is 0 Å². The van der Waals surface area contributed by atoms with Crippen LogP contribution in [0.25, 0.3) is 10.9 Å². The van der Waals surface area contributed by atoms with Gasteiger partial charge < -0.3 is 15.0 Å². The highest BCUT2D eigenvalue weighted by atomic mass is 35.5. The van der Waals surface area contributed by atoms with Crippen molar-refractivity contribution < 1.29 is 14.7 Å². The van der Waals surface area contributed by atoms with E-state index in [1.807, 2.05) is 6.07 Å². The first-order valence-corrected chi connectivity index (χ1v) is 8.56. The summed E-state index contributed by atoms with van der Waals surface area (Å²) in [5.41, 5.74) is 0.569. The van der Waals surface area contributed by atoms with Crippen LogP contribution in [0.3, 0.4) is 0 Å². The molecule has 3 rings (SSSR count). The Labute approximate surface area is 149 Å². The molecule has 0 aliphatic heterocycles. The van der Waals surface area contributed by atoms with Crippen LogP contribution in [0.15, 0.2) is 18.2 Å². The maximum absolute atomic E-state index is 12.8. The Bertz CT molecular complexity index is 823. The number of rotatable bonds is 4. The topological polar surface area (TPSA) is 71.3 Å². The maximum atomic E-state index is 12.8. The molecule has 0 unspecified atom stereocenters. The Kier molecular flexibility index (Phi) is 4.49. The fourth-order valence-corrected chi connectivity index (χ4v) is 3.94. The summed E-state index contributed by atoms with van der Waals surface area (Å²) in [5, 5.41) is 13.7. The molecule has 1 aromatic heterocycles. The van der Waals surface area contributed by atoms with E-state index in [1.54, 1.807) is 23.7 Å². The summed E-state index contributed by atoms with van der Waals surface area (Å²) in [4.78, 5) is 24.0. The number of carbonyl (C=O) groups is 2. The number of fused-ring (bicyclic) bond motifs is 1. The Balaban J connectivity index is 1.95. The van der Waals surface area contributed by atoms with E-state index in [-0.39, 0.29) is 12.3 Å². The van der Waals surface area contributed by atoms with Crippen molar-refractivity contribution in [2.75, 3.05) is 0 Å². The molecule has 0 atom stereocenters. The lowest BCUT2D eigenvalue weighted by molar-refractivity contribution is -0.138. The summed E-state index contributed by atoms with van der Waals surface area (Å²) < 4.78 is 1.75. The Morgan fingerprint density at radius 2 is 1.96 bits per heavy atom. The molecule has 1 heterocycles. The van der Waals surface area contributed by atoms with Crippen molar-refractivity contribution in [1.29, 1.82) is 0 Å². The van der Waals surface area contributed by atoms with Crippen LogP contribution in [-0.2, 0) is 11.8 Å². The van der Waals surface area contributed by atoms with Crippen molar-refractivity contribution in [2.45, 2.75) is 37.6 Å². The molecule has 1 saturated carbocycles. The number of carbonyl (C=O) groups excluding carboxylic acids is 1. The summed E-state index contributed by atoms with van der Waals surface area (Å²) in [6.07, 6.45) is 3.15. The highest BCUT2D eigenvalue weighted by Gasteiger charge is 2.38. The van der Waals surface area contributed by atoms with Gasteiger partial charge in [0, 0.05) is 18.0 Å². The van der Waals surface area contributed by atoms with Crippen LogP contribution in [0.2, 0.25) is 10.0 Å². The highest BCUT2D eigenvalue weighted by Crippen LogP contribution is 2.35. The second-order valence-electron chi connectivity index (χ2n) is 6.39. The molecular weight excluding hydrogens is 351 g/mol. The second-order valence-corrected chi connectivity index (χ2v) is 7.18. The Hall–Kier alpha value is -1.72. The molecule has 0 bridgehead atoms. The number of aromatic nitrogens is 1. The largest absolute Gasteiger partial charge is 0.481 e. The maximum Gasteiger partial charge on any atom is 0.305 e. The van der Waals surface area contributed by atoms with Crippen molar-refractivity contribution in [3.05, 3.63) is 33.9 Å². The van der Waals surface area contributed by atoms with E-state index < -0.39 is 11.5 Å². The third-order valence-corrected chi connectivity index (χ3v) is 5.59. The SMILES string of the molecule is Cn1c(C(=O)NC2(CC(=O)O)CCCC2)cc2c(Cl)c(Cl)ccc21. The van der Waals surface area contributed by atoms with E-state index in [4.69, 9.17) is 28.3 Å². The van der Waals surface area contributed by atoms with E-state index in [9.17, 15) is 9.59 Å². The fourth-order valence-electron chi connectivity index (χ4n) is 3.56. The number of nitrogens with one attached hydrogen (secondary N) is 1. The van der Waals surface area contributed by atoms with Crippen molar-refractivity contribution in [3.63, 3.8) is 0 Å². The van der Waals surface area contributed by atoms with E-state index in [1.165, 1.54) is 0 Å². The molecule has 0 radical (unpaired) electrons. The minimum Gasteiger partial charge on any atom is -0.481 e. The van der Waals surface area contributed by atoms with Gasteiger partial charge in [-0.1, -0.05) is 36.0 Å². The van der Waals surface area contributed by atoms with E-state index in [0.29, 0.717) is 34.0 Å². The van der Waals surface area contributed by atoms with Crippen LogP contribution in [0.4, 0.5) is 0 Å². The van der Waals surface area contributed by atoms with Gasteiger partial charge in [-0.15, -0.1) is 0 Å². The molecule has 1 amide bonds. The van der Waals surface area contributed by atoms with Gasteiger partial charge in [-0.25, -0.2) is 0 Å². The molecule has 5 nitrogen and oxygen atoms in total. The predicted molar refractivity (Wildman–Crippen MR) is 93.9 cm³/mol. The van der Waals surface area contributed by atoms with Crippen molar-refractivity contribution in [1.82, 2.24) is 9.88 Å². The summed E-state index contributed by atoms with van der Waals surface area (Å²) >= 11 is 12.3. The molecule has 1 fully saturated rings. The molecule has 2 N–H and O–H groups in total. The van der Waals surface area contributed by atoms with E-state index in [2.05, 4.69) is 5.32 Å². The third-order valence-electron chi connectivity index (χ3n) is 4.78. The summed E-state index contributed by atoms with van der Waals surface area (Å²) in [6, 6.07) is 5.20. The van der Waals surface area contributed by atoms with Gasteiger partial charge in [-0.3, -0.25) is 9.59 Å². The number of halogens is 2. The van der Waals surface area contributed by atoms with Crippen LogP contribution in [-0.4, -0.2) is 27.1 Å². The molecule has 1 aliphatic rings. The normalized spacial score (nSPS) is 16.5. The van der Waals surface area contributed by atoms with Gasteiger partial charge in [-0.2, -0.15) is 0 Å². The molecule has 128 valence electrons. The number of carboxylic acid groups (broad SMARTS) is 1. The number of aliphatic carboxylic acids is 1. The lowest BCUT2D eigenvalue weighted by atomic mass is 9.93. The first kappa shape index (κ1) is 17.1. The van der Waals surface area contributed by atoms with Crippen LogP contribution >= 0.6 is 23.2 Å². The smallest absolute Gasteiger partial charge is 0.305 e. The average molecular weight is 369 g/mol. The van der Waals surface area contributed by atoms with Crippen LogP contribution in [0.1, 0.15) is 42.6 Å². The molecule has 1 aromatic carbocycles. The van der Waals surface area contributed by atoms with Gasteiger partial charge in [-0.05, 0) is 31.0 Å². The van der Waals surface area contributed by atoms with Gasteiger partial charge >= 0.3 is 5.97 Å². The predicted octanol–water partition coefficient (Wildman–Crippen LogP) is 4.00. The highest BCUT2D eigenvalue weighted by molar-refractivity contribution is 6.45. The number of hydrogen-bond acceptors (Lipinski definition) is 2. The number of nitrogens with zero attached hydrogens (tertiary/aromatic N) is 1. The Morgan fingerprint density at radius 3 is 2.58 bits per heavy atom. The fraction of sp³-hybridized carbons (Fsp3) is 0.412. The zero-order valence-electron chi connectivity index (χ0n) is 13.2. The molecule has 2 aromatic rings. The molecule has 7 heteroatoms. The summed E-state index contributed by atoms with van der Waals surface area (Å²) in [7, 11) is 1.78. The second kappa shape index (κ2) is 6.30. The van der Waals surface area contributed by atoms with Gasteiger partial charge in [0.25, 0.3) is 5.91 Å². The van der Waals surface area contributed by atoms with Crippen molar-refractivity contribution in [2.24, 2.45) is 7.05 Å². The zero-order valence-corrected chi connectivity index (χ0v) is 14.7. The minimum absolute atomic E-state index is 0.0603. The van der Waals surface area contributed by atoms with Crippen LogP contribution in [0.5, 0.6) is 0 Å². The minimum atomic E-state index is -0.899. The van der Waals surface area contributed by atoms with Crippen molar-refractivity contribution >= 4 is 46.0 Å². The first-order valence-electron chi connectivity index (χ1n) is 7.81. The van der Waals surface area contributed by atoms with Gasteiger partial charge in [0.05, 0.1) is 22.0 Å². The number of amides is 1. The standard InChI is InChI=1S/C17H18Cl2N2O3/c1-21-12-5-4-11(18)15(19)10(12)8-13(21)16(24)20-17(9-14(22)23)6-2-3-7-17/h4-5,8H,2-3,6-7,9H2,1H3,(H,20,24)(H,22,23). The zero-order chi connectivity index (χ0) is 17.5. The number of aryl methyl sites for hydroxylation is 1. The molecule has 24 heavy (non-hydrogen) atoms. The summed E-state index contributed by atoms with van der Waals surface area (Å²) in [5.74, 6) is -1.19. The summed E-state index contributed by atoms with van der Waals surface area (Å²) in [6.45, 7) is 0. The van der Waals surface area contributed by atoms with Crippen LogP contribution < -0.4 is 5.32 Å². The quantitative estimate of drug-likeness (QED) is 0.856. The monoisotopic (exact) mass is 368 g/mol. The lowest BCUT2D eigenvalue weighted by Gasteiger charge is -2.28. The van der Waals surface area contributed by atoms with E-state index >= 15 is 0 Å². The molecule has 0 spiro atoms. The number of benzene rings is 1. The van der Waals surface area contributed by atoms with Gasteiger partial charge in [0.1, 0.15) is 5.69 Å². The first-order chi connectivity index (χ1) is 11.3. The molecule has 1 aliphatic carbocycles. The number of carboxylic acids is 1. The van der Waals surface area contributed by atoms with Gasteiger partial charge in [0.15, 0.2) is 0 Å². The van der Waals surface area contributed by atoms with E-state index in [0.717, 1.165) is 18.4 Å². The molecular formula is C17H18Cl2N2O3. The van der Waals surface area contributed by atoms with Crippen LogP contribution in [0, 0.1) is 0 Å². The lowest BCUT2D eigenvalue weighted by Crippen LogP contribution is -2.48. The molecule has 0 saturated heterocycles. The third kappa shape index (κ3) is 2.98. The number of hydrogen-bond donors (Lipinski definition) is 2. The Morgan fingerprint density at radius 1 is 1.29 bits per heavy atom. The average Bonchev–Trinajstić information content (AvgIpc) is 3.08.